The second-order valence-corrected chi connectivity index (χ2v) is 6.13. The van der Waals surface area contributed by atoms with Crippen molar-refractivity contribution in [2.75, 3.05) is 32.8 Å². The van der Waals surface area contributed by atoms with E-state index in [2.05, 4.69) is 27.7 Å². The van der Waals surface area contributed by atoms with Crippen molar-refractivity contribution in [3.05, 3.63) is 22.4 Å². The number of rotatable bonds is 6. The lowest BCUT2D eigenvalue weighted by Crippen LogP contribution is -2.42. The van der Waals surface area contributed by atoms with Crippen molar-refractivity contribution in [3.63, 3.8) is 0 Å². The maximum atomic E-state index is 11.8. The highest BCUT2D eigenvalue weighted by atomic mass is 32.1. The minimum Gasteiger partial charge on any atom is -0.465 e. The Morgan fingerprint density at radius 1 is 1.43 bits per heavy atom. The smallest absolute Gasteiger partial charge is 0.325 e. The number of hydrogen-bond acceptors (Lipinski definition) is 5. The molecule has 1 aliphatic rings. The van der Waals surface area contributed by atoms with Gasteiger partial charge in [0.15, 0.2) is 0 Å². The molecule has 0 aliphatic carbocycles. The van der Waals surface area contributed by atoms with Gasteiger partial charge in [0.2, 0.25) is 5.91 Å². The van der Waals surface area contributed by atoms with Gasteiger partial charge in [0.25, 0.3) is 0 Å². The predicted octanol–water partition coefficient (Wildman–Crippen LogP) is 1.61. The zero-order valence-corrected chi connectivity index (χ0v) is 13.2. The SMILES string of the molecule is CCOC(=O)CNC(=O)CN1CCC(c2cccs2)CC1. The maximum absolute atomic E-state index is 11.8. The number of nitrogens with one attached hydrogen (secondary N) is 1. The van der Waals surface area contributed by atoms with Gasteiger partial charge in [0.1, 0.15) is 6.54 Å². The van der Waals surface area contributed by atoms with E-state index in [4.69, 9.17) is 4.74 Å². The summed E-state index contributed by atoms with van der Waals surface area (Å²) in [7, 11) is 0. The number of nitrogens with zero attached hydrogens (tertiary/aromatic N) is 1. The summed E-state index contributed by atoms with van der Waals surface area (Å²) in [5, 5.41) is 4.72. The molecule has 1 aliphatic heterocycles. The van der Waals surface area contributed by atoms with Crippen LogP contribution >= 0.6 is 11.3 Å². The fourth-order valence-electron chi connectivity index (χ4n) is 2.54. The first-order valence-corrected chi connectivity index (χ1v) is 8.25. The van der Waals surface area contributed by atoms with Crippen LogP contribution in [0.3, 0.4) is 0 Å². The Hall–Kier alpha value is -1.40. The normalized spacial score (nSPS) is 16.6. The van der Waals surface area contributed by atoms with Gasteiger partial charge in [-0.1, -0.05) is 6.07 Å². The first-order valence-electron chi connectivity index (χ1n) is 7.37. The first-order chi connectivity index (χ1) is 10.2. The number of esters is 1. The van der Waals surface area contributed by atoms with Crippen LogP contribution in [0.5, 0.6) is 0 Å². The van der Waals surface area contributed by atoms with Gasteiger partial charge in [-0.25, -0.2) is 0 Å². The minimum atomic E-state index is -0.387. The molecule has 2 heterocycles. The van der Waals surface area contributed by atoms with E-state index in [1.807, 2.05) is 11.3 Å². The molecule has 0 spiro atoms. The highest BCUT2D eigenvalue weighted by Crippen LogP contribution is 2.30. The van der Waals surface area contributed by atoms with E-state index in [1.165, 1.54) is 4.88 Å². The van der Waals surface area contributed by atoms with E-state index in [0.717, 1.165) is 25.9 Å². The van der Waals surface area contributed by atoms with Crippen molar-refractivity contribution >= 4 is 23.2 Å². The molecule has 1 saturated heterocycles. The van der Waals surface area contributed by atoms with E-state index >= 15 is 0 Å². The second kappa shape index (κ2) is 8.14. The number of carbonyl (C=O) groups is 2. The Morgan fingerprint density at radius 2 is 2.19 bits per heavy atom. The summed E-state index contributed by atoms with van der Waals surface area (Å²) in [5.41, 5.74) is 0. The van der Waals surface area contributed by atoms with Gasteiger partial charge in [-0.15, -0.1) is 11.3 Å². The molecule has 1 aromatic rings. The molecule has 0 aromatic carbocycles. The molecule has 0 saturated carbocycles. The van der Waals surface area contributed by atoms with Crippen molar-refractivity contribution in [2.45, 2.75) is 25.7 Å². The zero-order chi connectivity index (χ0) is 15.1. The molecule has 5 nitrogen and oxygen atoms in total. The summed E-state index contributed by atoms with van der Waals surface area (Å²) >= 11 is 1.81. The fraction of sp³-hybridized carbons (Fsp3) is 0.600. The third-order valence-electron chi connectivity index (χ3n) is 3.64. The quantitative estimate of drug-likeness (QED) is 0.811. The van der Waals surface area contributed by atoms with Crippen molar-refractivity contribution in [1.82, 2.24) is 10.2 Å². The third kappa shape index (κ3) is 5.13. The lowest BCUT2D eigenvalue weighted by atomic mass is 9.95. The standard InChI is InChI=1S/C15H22N2O3S/c1-2-20-15(19)10-16-14(18)11-17-7-5-12(6-8-17)13-4-3-9-21-13/h3-4,9,12H,2,5-8,10-11H2,1H3,(H,16,18). The van der Waals surface area contributed by atoms with E-state index < -0.39 is 0 Å². The largest absolute Gasteiger partial charge is 0.465 e. The zero-order valence-electron chi connectivity index (χ0n) is 12.3. The molecule has 116 valence electrons. The number of likely N-dealkylation sites (tertiary alicyclic amines) is 1. The average Bonchev–Trinajstić information content (AvgIpc) is 3.00. The summed E-state index contributed by atoms with van der Waals surface area (Å²) < 4.78 is 4.77. The monoisotopic (exact) mass is 310 g/mol. The first kappa shape index (κ1) is 16.0. The molecule has 1 amide bonds. The van der Waals surface area contributed by atoms with Crippen LogP contribution < -0.4 is 5.32 Å². The number of amides is 1. The van der Waals surface area contributed by atoms with Gasteiger partial charge in [0.05, 0.1) is 13.2 Å². The molecule has 0 unspecified atom stereocenters. The molecule has 2 rings (SSSR count). The molecule has 0 bridgehead atoms. The lowest BCUT2D eigenvalue weighted by molar-refractivity contribution is -0.143. The Labute approximate surface area is 129 Å². The van der Waals surface area contributed by atoms with Crippen LogP contribution in [0.1, 0.15) is 30.6 Å². The van der Waals surface area contributed by atoms with E-state index in [9.17, 15) is 9.59 Å². The van der Waals surface area contributed by atoms with E-state index in [0.29, 0.717) is 19.1 Å². The third-order valence-corrected chi connectivity index (χ3v) is 4.67. The van der Waals surface area contributed by atoms with Crippen LogP contribution in [0.15, 0.2) is 17.5 Å². The Balaban J connectivity index is 1.66. The molecule has 1 aromatic heterocycles. The number of carbonyl (C=O) groups excluding carboxylic acids is 2. The van der Waals surface area contributed by atoms with Crippen molar-refractivity contribution in [1.29, 1.82) is 0 Å². The average molecular weight is 310 g/mol. The Bertz CT molecular complexity index is 453. The van der Waals surface area contributed by atoms with Gasteiger partial charge in [-0.05, 0) is 50.2 Å². The van der Waals surface area contributed by atoms with Crippen LogP contribution in [0.4, 0.5) is 0 Å². The number of thiophene rings is 1. The molecule has 0 radical (unpaired) electrons. The van der Waals surface area contributed by atoms with Gasteiger partial charge in [0, 0.05) is 4.88 Å². The molecular formula is C15H22N2O3S. The summed E-state index contributed by atoms with van der Waals surface area (Å²) in [6.45, 7) is 4.25. The molecule has 6 heteroatoms. The topological polar surface area (TPSA) is 58.6 Å². The molecule has 0 atom stereocenters. The molecule has 1 N–H and O–H groups in total. The van der Waals surface area contributed by atoms with Gasteiger partial charge < -0.3 is 10.1 Å². The van der Waals surface area contributed by atoms with Gasteiger partial charge in [-0.2, -0.15) is 0 Å². The van der Waals surface area contributed by atoms with E-state index in [1.54, 1.807) is 6.92 Å². The fourth-order valence-corrected chi connectivity index (χ4v) is 3.44. The number of hydrogen-bond donors (Lipinski definition) is 1. The Morgan fingerprint density at radius 3 is 2.81 bits per heavy atom. The maximum Gasteiger partial charge on any atom is 0.325 e. The number of ether oxygens (including phenoxy) is 1. The van der Waals surface area contributed by atoms with Crippen LogP contribution in [0.2, 0.25) is 0 Å². The summed E-state index contributed by atoms with van der Waals surface area (Å²) in [4.78, 5) is 26.5. The van der Waals surface area contributed by atoms with Crippen molar-refractivity contribution < 1.29 is 14.3 Å². The Kier molecular flexibility index (Phi) is 6.20. The second-order valence-electron chi connectivity index (χ2n) is 5.15. The van der Waals surface area contributed by atoms with Crippen molar-refractivity contribution in [3.8, 4) is 0 Å². The highest BCUT2D eigenvalue weighted by Gasteiger charge is 2.22. The van der Waals surface area contributed by atoms with E-state index in [-0.39, 0.29) is 18.4 Å². The van der Waals surface area contributed by atoms with Gasteiger partial charge in [-0.3, -0.25) is 14.5 Å². The molecule has 21 heavy (non-hydrogen) atoms. The number of piperidine rings is 1. The summed E-state index contributed by atoms with van der Waals surface area (Å²) in [5.74, 6) is 0.128. The van der Waals surface area contributed by atoms with Crippen LogP contribution in [-0.2, 0) is 14.3 Å². The molecular weight excluding hydrogens is 288 g/mol. The lowest BCUT2D eigenvalue weighted by Gasteiger charge is -2.30. The van der Waals surface area contributed by atoms with Crippen molar-refractivity contribution in [2.24, 2.45) is 0 Å². The predicted molar refractivity (Wildman–Crippen MR) is 82.4 cm³/mol. The minimum absolute atomic E-state index is 0.0433. The van der Waals surface area contributed by atoms with Gasteiger partial charge >= 0.3 is 5.97 Å². The van der Waals surface area contributed by atoms with Crippen LogP contribution in [0.25, 0.3) is 0 Å². The highest BCUT2D eigenvalue weighted by molar-refractivity contribution is 7.10. The summed E-state index contributed by atoms with van der Waals surface area (Å²) in [6, 6.07) is 4.28. The van der Waals surface area contributed by atoms with Crippen LogP contribution in [0, 0.1) is 0 Å². The van der Waals surface area contributed by atoms with Crippen LogP contribution in [-0.4, -0.2) is 49.6 Å². The molecule has 1 fully saturated rings. The summed E-state index contributed by atoms with van der Waals surface area (Å²) in [6.07, 6.45) is 2.18.